The van der Waals surface area contributed by atoms with Crippen LogP contribution in [0.3, 0.4) is 0 Å². The maximum Gasteiger partial charge on any atom is 0.479 e. The number of hydrogen-bond acceptors (Lipinski definition) is 2. The highest BCUT2D eigenvalue weighted by Crippen LogP contribution is 2.22. The highest BCUT2D eigenvalue weighted by atomic mass is 32.2. The van der Waals surface area contributed by atoms with Gasteiger partial charge in [-0.1, -0.05) is 0 Å². The summed E-state index contributed by atoms with van der Waals surface area (Å²) in [6, 6.07) is 0. The van der Waals surface area contributed by atoms with E-state index in [0.717, 1.165) is 10.9 Å². The van der Waals surface area contributed by atoms with Gasteiger partial charge < -0.3 is 5.14 Å². The maximum absolute atomic E-state index is 10.8. The molecular weight excluding hydrogens is 251 g/mol. The molecule has 0 aliphatic heterocycles. The van der Waals surface area contributed by atoms with Crippen LogP contribution in [0.15, 0.2) is 0 Å². The third kappa shape index (κ3) is 9.01. The highest BCUT2D eigenvalue weighted by Gasteiger charge is 2.36. The van der Waals surface area contributed by atoms with Crippen LogP contribution in [0.25, 0.3) is 5.14 Å². The van der Waals surface area contributed by atoms with Crippen molar-refractivity contribution in [3.8, 4) is 0 Å². The van der Waals surface area contributed by atoms with Crippen LogP contribution in [0.1, 0.15) is 20.8 Å². The zero-order valence-corrected chi connectivity index (χ0v) is 10.5. The van der Waals surface area contributed by atoms with E-state index < -0.39 is 15.5 Å². The van der Waals surface area contributed by atoms with Crippen LogP contribution < -0.4 is 0 Å². The van der Waals surface area contributed by atoms with Gasteiger partial charge in [-0.2, -0.15) is 13.2 Å². The minimum Gasteiger partial charge on any atom is -0.556 e. The molecule has 0 rings (SSSR count). The Bertz CT molecular complexity index is 242. The Labute approximate surface area is 91.6 Å². The SMILES string of the molecule is CC[S+](CC)CC.[NH-]S(=O)(=O)C(F)(F)F. The summed E-state index contributed by atoms with van der Waals surface area (Å²) < 4.78 is 50.8. The quantitative estimate of drug-likeness (QED) is 0.738. The first-order valence-electron chi connectivity index (χ1n) is 4.30. The molecule has 0 aliphatic carbocycles. The van der Waals surface area contributed by atoms with E-state index in [2.05, 4.69) is 20.8 Å². The van der Waals surface area contributed by atoms with E-state index in [0.29, 0.717) is 0 Å². The molecule has 0 bridgehead atoms. The normalized spacial score (nSPS) is 12.3. The molecule has 0 radical (unpaired) electrons. The minimum absolute atomic E-state index is 0.755. The van der Waals surface area contributed by atoms with E-state index >= 15 is 0 Å². The molecule has 0 aromatic rings. The predicted octanol–water partition coefficient (Wildman–Crippen LogP) is 2.55. The summed E-state index contributed by atoms with van der Waals surface area (Å²) in [7, 11) is -4.84. The van der Waals surface area contributed by atoms with Crippen molar-refractivity contribution in [1.82, 2.24) is 0 Å². The molecule has 0 atom stereocenters. The minimum atomic E-state index is -5.59. The molecular formula is C7H16F3NO2S2. The Kier molecular flexibility index (Phi) is 8.54. The molecule has 3 nitrogen and oxygen atoms in total. The molecule has 0 spiro atoms. The molecule has 1 N–H and O–H groups in total. The Morgan fingerprint density at radius 1 is 1.07 bits per heavy atom. The second-order valence-corrected chi connectivity index (χ2v) is 6.85. The first-order chi connectivity index (χ1) is 6.60. The van der Waals surface area contributed by atoms with Crippen molar-refractivity contribution in [2.45, 2.75) is 26.3 Å². The van der Waals surface area contributed by atoms with Gasteiger partial charge in [0.25, 0.3) is 0 Å². The second-order valence-electron chi connectivity index (χ2n) is 2.43. The number of sulfonamides is 1. The van der Waals surface area contributed by atoms with Gasteiger partial charge in [-0.05, 0) is 31.7 Å². The summed E-state index contributed by atoms with van der Waals surface area (Å²) in [6.45, 7) is 6.82. The summed E-state index contributed by atoms with van der Waals surface area (Å²) in [5.74, 6) is 4.15. The fraction of sp³-hybridized carbons (Fsp3) is 1.00. The van der Waals surface area contributed by atoms with Gasteiger partial charge >= 0.3 is 5.51 Å². The van der Waals surface area contributed by atoms with E-state index in [1.807, 2.05) is 0 Å². The Balaban J connectivity index is 0. The number of halogens is 3. The molecule has 0 heterocycles. The van der Waals surface area contributed by atoms with Crippen LogP contribution in [0, 0.1) is 0 Å². The number of hydrogen-bond donors (Lipinski definition) is 0. The van der Waals surface area contributed by atoms with E-state index in [1.165, 1.54) is 17.3 Å². The molecule has 0 unspecified atom stereocenters. The molecule has 8 heteroatoms. The lowest BCUT2D eigenvalue weighted by Gasteiger charge is -2.07. The molecule has 94 valence electrons. The first-order valence-corrected chi connectivity index (χ1v) is 7.51. The van der Waals surface area contributed by atoms with Crippen LogP contribution in [0.2, 0.25) is 0 Å². The summed E-state index contributed by atoms with van der Waals surface area (Å²) in [6.07, 6.45) is 0. The lowest BCUT2D eigenvalue weighted by molar-refractivity contribution is -0.0423. The zero-order chi connectivity index (χ0) is 12.7. The summed E-state index contributed by atoms with van der Waals surface area (Å²) in [4.78, 5) is 0. The van der Waals surface area contributed by atoms with Crippen molar-refractivity contribution >= 4 is 20.9 Å². The first kappa shape index (κ1) is 17.4. The van der Waals surface area contributed by atoms with E-state index in [1.54, 1.807) is 0 Å². The topological polar surface area (TPSA) is 57.9 Å². The van der Waals surface area contributed by atoms with E-state index in [-0.39, 0.29) is 0 Å². The lowest BCUT2D eigenvalue weighted by Crippen LogP contribution is -2.18. The van der Waals surface area contributed by atoms with Crippen molar-refractivity contribution in [3.05, 3.63) is 5.14 Å². The average Bonchev–Trinajstić information content (AvgIpc) is 2.05. The third-order valence-corrected chi connectivity index (χ3v) is 4.59. The second kappa shape index (κ2) is 7.34. The standard InChI is InChI=1S/C6H15S.CHF3NO2S/c1-4-7(5-2)6-3;2-1(3,4)8(5,6)7/h4-6H2,1-3H3;(H-,5,6,7)/q+1;-1. The van der Waals surface area contributed by atoms with Crippen LogP contribution in [-0.2, 0) is 20.9 Å². The van der Waals surface area contributed by atoms with Gasteiger partial charge in [0.1, 0.15) is 17.3 Å². The van der Waals surface area contributed by atoms with Crippen LogP contribution in [0.4, 0.5) is 13.2 Å². The monoisotopic (exact) mass is 267 g/mol. The van der Waals surface area contributed by atoms with Gasteiger partial charge in [-0.25, -0.2) is 8.42 Å². The van der Waals surface area contributed by atoms with Crippen molar-refractivity contribution in [3.63, 3.8) is 0 Å². The lowest BCUT2D eigenvalue weighted by atomic mass is 10.9. The Hall–Kier alpha value is 0.0500. The molecule has 0 saturated heterocycles. The fourth-order valence-corrected chi connectivity index (χ4v) is 1.84. The largest absolute Gasteiger partial charge is 0.556 e. The van der Waals surface area contributed by atoms with Crippen molar-refractivity contribution in [2.24, 2.45) is 0 Å². The molecule has 0 aromatic heterocycles. The summed E-state index contributed by atoms with van der Waals surface area (Å²) >= 11 is 0. The van der Waals surface area contributed by atoms with E-state index in [9.17, 15) is 21.6 Å². The van der Waals surface area contributed by atoms with Crippen LogP contribution >= 0.6 is 0 Å². The zero-order valence-electron chi connectivity index (χ0n) is 8.89. The van der Waals surface area contributed by atoms with Gasteiger partial charge in [-0.15, -0.1) is 0 Å². The molecule has 0 saturated carbocycles. The van der Waals surface area contributed by atoms with Gasteiger partial charge in [-0.3, -0.25) is 0 Å². The third-order valence-electron chi connectivity index (χ3n) is 1.53. The number of alkyl halides is 3. The Morgan fingerprint density at radius 3 is 1.27 bits per heavy atom. The summed E-state index contributed by atoms with van der Waals surface area (Å²) in [5, 5.41) is 5.43. The smallest absolute Gasteiger partial charge is 0.479 e. The number of nitrogens with one attached hydrogen (secondary N) is 1. The van der Waals surface area contributed by atoms with Gasteiger partial charge in [0.2, 0.25) is 0 Å². The van der Waals surface area contributed by atoms with Crippen molar-refractivity contribution < 1.29 is 21.6 Å². The molecule has 15 heavy (non-hydrogen) atoms. The van der Waals surface area contributed by atoms with Crippen molar-refractivity contribution in [1.29, 1.82) is 0 Å². The van der Waals surface area contributed by atoms with Crippen LogP contribution in [-0.4, -0.2) is 31.2 Å². The predicted molar refractivity (Wildman–Crippen MR) is 58.3 cm³/mol. The Morgan fingerprint density at radius 2 is 1.27 bits per heavy atom. The van der Waals surface area contributed by atoms with Crippen molar-refractivity contribution in [2.75, 3.05) is 17.3 Å². The molecule has 0 aromatic carbocycles. The molecule has 0 aliphatic rings. The average molecular weight is 267 g/mol. The number of rotatable bonds is 3. The fourth-order valence-electron chi connectivity index (χ4n) is 0.612. The molecule has 0 fully saturated rings. The van der Waals surface area contributed by atoms with Gasteiger partial charge in [0, 0.05) is 0 Å². The van der Waals surface area contributed by atoms with Gasteiger partial charge in [0.05, 0.1) is 0 Å². The maximum atomic E-state index is 10.8. The summed E-state index contributed by atoms with van der Waals surface area (Å²) in [5.41, 5.74) is -5.42. The van der Waals surface area contributed by atoms with Crippen LogP contribution in [0.5, 0.6) is 0 Å². The highest BCUT2D eigenvalue weighted by molar-refractivity contribution is 7.96. The van der Waals surface area contributed by atoms with E-state index in [4.69, 9.17) is 5.14 Å². The van der Waals surface area contributed by atoms with Gasteiger partial charge in [0.15, 0.2) is 10.0 Å². The molecule has 0 amide bonds.